The van der Waals surface area contributed by atoms with Crippen molar-refractivity contribution >= 4 is 10.0 Å². The Kier molecular flexibility index (Phi) is 2.15. The summed E-state index contributed by atoms with van der Waals surface area (Å²) in [5.41, 5.74) is 0. The van der Waals surface area contributed by atoms with Gasteiger partial charge in [0, 0.05) is 19.0 Å². The molecule has 0 N–H and O–H groups in total. The average Bonchev–Trinajstić information content (AvgIpc) is 2.40. The number of hydrogen-bond donors (Lipinski definition) is 0. The second kappa shape index (κ2) is 2.67. The van der Waals surface area contributed by atoms with Crippen molar-refractivity contribution in [3.8, 4) is 0 Å². The van der Waals surface area contributed by atoms with Crippen LogP contribution in [0.5, 0.6) is 0 Å². The van der Waals surface area contributed by atoms with Crippen LogP contribution in [0.15, 0.2) is 0 Å². The van der Waals surface area contributed by atoms with E-state index in [9.17, 15) is 17.2 Å². The Hall–Kier alpha value is -0.230. The van der Waals surface area contributed by atoms with Crippen LogP contribution in [0.3, 0.4) is 0 Å². The summed E-state index contributed by atoms with van der Waals surface area (Å²) in [6.45, 7) is 0.253. The molecule has 0 aromatic heterocycles. The highest BCUT2D eigenvalue weighted by molar-refractivity contribution is 7.88. The highest BCUT2D eigenvalue weighted by Crippen LogP contribution is 2.26. The minimum atomic E-state index is -3.22. The van der Waals surface area contributed by atoms with Gasteiger partial charge in [0.2, 0.25) is 16.4 Å². The van der Waals surface area contributed by atoms with Gasteiger partial charge in [-0.15, -0.1) is 0 Å². The van der Waals surface area contributed by atoms with E-state index in [-0.39, 0.29) is 13.0 Å². The lowest BCUT2D eigenvalue weighted by Crippen LogP contribution is -2.13. The predicted molar refractivity (Wildman–Crippen MR) is 36.0 cm³/mol. The quantitative estimate of drug-likeness (QED) is 0.592. The average molecular weight is 185 g/mol. The van der Waals surface area contributed by atoms with Gasteiger partial charge in [0.25, 0.3) is 0 Å². The van der Waals surface area contributed by atoms with E-state index in [1.807, 2.05) is 0 Å². The third-order valence-electron chi connectivity index (χ3n) is 1.54. The van der Waals surface area contributed by atoms with Crippen LogP contribution in [0, 0.1) is 0 Å². The minimum Gasteiger partial charge on any atom is -0.212 e. The first-order valence-corrected chi connectivity index (χ1v) is 5.01. The fourth-order valence-corrected chi connectivity index (χ4v) is 2.04. The van der Waals surface area contributed by atoms with Crippen LogP contribution >= 0.6 is 0 Å². The lowest BCUT2D eigenvalue weighted by atomic mass is 10.3. The van der Waals surface area contributed by atoms with Crippen molar-refractivity contribution in [2.45, 2.75) is 18.9 Å². The maximum absolute atomic E-state index is 11.7. The molecule has 2 unspecified atom stereocenters. The van der Waals surface area contributed by atoms with E-state index in [0.717, 1.165) is 10.6 Å². The Morgan fingerprint density at radius 1 is 1.64 bits per heavy atom. The largest absolute Gasteiger partial charge is 0.240 e. The van der Waals surface area contributed by atoms with E-state index >= 15 is 0 Å². The number of halogens is 2. The second-order valence-corrected chi connectivity index (χ2v) is 4.55. The predicted octanol–water partition coefficient (Wildman–Crippen LogP) is 0.285. The molecule has 0 aromatic carbocycles. The molecule has 11 heavy (non-hydrogen) atoms. The van der Waals surface area contributed by atoms with E-state index in [1.54, 1.807) is 0 Å². The lowest BCUT2D eigenvalue weighted by Gasteiger charge is -1.98. The Labute approximate surface area is 64.0 Å². The van der Waals surface area contributed by atoms with Gasteiger partial charge < -0.3 is 0 Å². The molecule has 1 heterocycles. The topological polar surface area (TPSA) is 37.1 Å². The molecule has 1 rings (SSSR count). The third kappa shape index (κ3) is 2.37. The molecular formula is C5H9F2NO2S. The van der Waals surface area contributed by atoms with Crippen LogP contribution < -0.4 is 0 Å². The molecule has 2 atom stereocenters. The first-order valence-electron chi connectivity index (χ1n) is 3.16. The van der Waals surface area contributed by atoms with Gasteiger partial charge in [0.05, 0.1) is 6.26 Å². The molecule has 0 spiro atoms. The minimum absolute atomic E-state index is 0.253. The van der Waals surface area contributed by atoms with E-state index < -0.39 is 22.5 Å². The normalized spacial score (nSPS) is 30.9. The number of nitrogens with zero attached hydrogens (tertiary/aromatic N) is 1. The molecule has 0 saturated carbocycles. The highest BCUT2D eigenvalue weighted by atomic mass is 32.2. The molecule has 0 amide bonds. The summed E-state index contributed by atoms with van der Waals surface area (Å²) in [7, 11) is -3.22. The summed E-state index contributed by atoms with van der Waals surface area (Å²) in [5, 5.41) is 0. The van der Waals surface area contributed by atoms with Gasteiger partial charge in [-0.1, -0.05) is 0 Å². The molecule has 1 aliphatic rings. The van der Waals surface area contributed by atoms with Crippen molar-refractivity contribution in [1.29, 1.82) is 0 Å². The molecule has 3 nitrogen and oxygen atoms in total. The molecule has 0 aliphatic carbocycles. The number of sulfonamides is 1. The van der Waals surface area contributed by atoms with Crippen LogP contribution in [0.25, 0.3) is 0 Å². The highest BCUT2D eigenvalue weighted by Gasteiger charge is 2.42. The summed E-state index contributed by atoms with van der Waals surface area (Å²) >= 11 is 0. The fraction of sp³-hybridized carbons (Fsp3) is 1.00. The van der Waals surface area contributed by atoms with Gasteiger partial charge in [-0.25, -0.2) is 17.2 Å². The Bertz CT molecular complexity index is 239. The van der Waals surface area contributed by atoms with E-state index in [2.05, 4.69) is 0 Å². The molecule has 1 fully saturated rings. The number of rotatable bonds is 3. The maximum atomic E-state index is 11.7. The van der Waals surface area contributed by atoms with E-state index in [4.69, 9.17) is 0 Å². The van der Waals surface area contributed by atoms with Gasteiger partial charge in [-0.3, -0.25) is 0 Å². The van der Waals surface area contributed by atoms with Crippen LogP contribution in [0.4, 0.5) is 8.78 Å². The molecule has 6 heteroatoms. The summed E-state index contributed by atoms with van der Waals surface area (Å²) in [4.78, 5) is 0. The smallest absolute Gasteiger partial charge is 0.212 e. The Morgan fingerprint density at radius 2 is 2.18 bits per heavy atom. The number of hydrogen-bond acceptors (Lipinski definition) is 2. The molecule has 1 saturated heterocycles. The van der Waals surface area contributed by atoms with Crippen molar-refractivity contribution in [3.05, 3.63) is 0 Å². The monoisotopic (exact) mass is 185 g/mol. The standard InChI is InChI=1S/C5H9F2NO2S/c1-11(9,10)8-3-4(8)2-5(6)7/h4-5H,2-3H2,1H3. The zero-order chi connectivity index (χ0) is 8.65. The molecule has 0 radical (unpaired) electrons. The van der Waals surface area contributed by atoms with Crippen LogP contribution in [-0.4, -0.2) is 38.0 Å². The van der Waals surface area contributed by atoms with Gasteiger partial charge in [-0.05, 0) is 0 Å². The second-order valence-electron chi connectivity index (χ2n) is 2.61. The van der Waals surface area contributed by atoms with Crippen molar-refractivity contribution in [2.75, 3.05) is 12.8 Å². The fourth-order valence-electron chi connectivity index (χ4n) is 0.965. The first-order chi connectivity index (χ1) is 4.91. The molecule has 66 valence electrons. The summed E-state index contributed by atoms with van der Waals surface area (Å²) in [5.74, 6) is 0. The summed E-state index contributed by atoms with van der Waals surface area (Å²) in [6.07, 6.45) is -1.72. The van der Waals surface area contributed by atoms with Crippen molar-refractivity contribution in [3.63, 3.8) is 0 Å². The Balaban J connectivity index is 2.39. The zero-order valence-corrected chi connectivity index (χ0v) is 6.81. The van der Waals surface area contributed by atoms with Crippen molar-refractivity contribution in [2.24, 2.45) is 0 Å². The third-order valence-corrected chi connectivity index (χ3v) is 2.84. The molecule has 0 bridgehead atoms. The summed E-state index contributed by atoms with van der Waals surface area (Å²) in [6, 6.07) is -0.454. The summed E-state index contributed by atoms with van der Waals surface area (Å²) < 4.78 is 45.7. The van der Waals surface area contributed by atoms with Crippen LogP contribution in [0.2, 0.25) is 0 Å². The number of alkyl halides is 2. The van der Waals surface area contributed by atoms with Gasteiger partial charge in [-0.2, -0.15) is 4.31 Å². The SMILES string of the molecule is CS(=O)(=O)N1CC1CC(F)F. The van der Waals surface area contributed by atoms with Gasteiger partial charge >= 0.3 is 0 Å². The van der Waals surface area contributed by atoms with E-state index in [0.29, 0.717) is 0 Å². The first kappa shape index (κ1) is 8.86. The van der Waals surface area contributed by atoms with Gasteiger partial charge in [0.1, 0.15) is 0 Å². The molecule has 0 aromatic rings. The Morgan fingerprint density at radius 3 is 2.45 bits per heavy atom. The molecular weight excluding hydrogens is 176 g/mol. The van der Waals surface area contributed by atoms with Gasteiger partial charge in [0.15, 0.2) is 0 Å². The van der Waals surface area contributed by atoms with Crippen LogP contribution in [0.1, 0.15) is 6.42 Å². The maximum Gasteiger partial charge on any atom is 0.240 e. The lowest BCUT2D eigenvalue weighted by molar-refractivity contribution is 0.135. The van der Waals surface area contributed by atoms with Crippen molar-refractivity contribution < 1.29 is 17.2 Å². The van der Waals surface area contributed by atoms with E-state index in [1.165, 1.54) is 0 Å². The zero-order valence-electron chi connectivity index (χ0n) is 6.00. The van der Waals surface area contributed by atoms with Crippen LogP contribution in [-0.2, 0) is 10.0 Å². The molecule has 1 aliphatic heterocycles. The van der Waals surface area contributed by atoms with Crippen molar-refractivity contribution in [1.82, 2.24) is 4.31 Å².